The Hall–Kier alpha value is -3.24. The first-order valence-electron chi connectivity index (χ1n) is 7.15. The number of nitrogens with one attached hydrogen (secondary N) is 1. The number of nitrogens with zero attached hydrogens (tertiary/aromatic N) is 1. The quantitative estimate of drug-likeness (QED) is 0.447. The first kappa shape index (κ1) is 19.1. The number of para-hydroxylation sites is 1. The molecule has 0 aliphatic rings. The van der Waals surface area contributed by atoms with Crippen molar-refractivity contribution in [1.29, 1.82) is 0 Å². The molecule has 0 radical (unpaired) electrons. The Morgan fingerprint density at radius 1 is 1.27 bits per heavy atom. The minimum atomic E-state index is -4.04. The van der Waals surface area contributed by atoms with E-state index in [-0.39, 0.29) is 27.6 Å². The lowest BCUT2D eigenvalue weighted by Crippen LogP contribution is -2.15. The number of anilines is 1. The van der Waals surface area contributed by atoms with Crippen LogP contribution in [0.5, 0.6) is 5.75 Å². The standard InChI is InChI=1S/C16H15N3O6S/c1-25-14-8-7-12(10-15(14)26(17,23)24)18-16(20)9-6-11-4-2-3-5-13(11)19(21)22/h2-10H,1H3,(H,18,20)(H2,17,23,24)/b9-6+. The van der Waals surface area contributed by atoms with Gasteiger partial charge in [0.15, 0.2) is 0 Å². The maximum Gasteiger partial charge on any atom is 0.276 e. The Kier molecular flexibility index (Phi) is 5.70. The minimum absolute atomic E-state index is 0.0425. The van der Waals surface area contributed by atoms with Crippen molar-refractivity contribution in [3.05, 3.63) is 64.2 Å². The molecule has 3 N–H and O–H groups in total. The van der Waals surface area contributed by atoms with Gasteiger partial charge in [0.1, 0.15) is 10.6 Å². The van der Waals surface area contributed by atoms with E-state index >= 15 is 0 Å². The smallest absolute Gasteiger partial charge is 0.276 e. The molecule has 26 heavy (non-hydrogen) atoms. The lowest BCUT2D eigenvalue weighted by molar-refractivity contribution is -0.385. The van der Waals surface area contributed by atoms with Crippen molar-refractivity contribution in [3.8, 4) is 5.75 Å². The molecule has 0 unspecified atom stereocenters. The number of ether oxygens (including phenoxy) is 1. The topological polar surface area (TPSA) is 142 Å². The maximum atomic E-state index is 12.0. The average Bonchev–Trinajstić information content (AvgIpc) is 2.59. The van der Waals surface area contributed by atoms with E-state index < -0.39 is 20.9 Å². The second-order valence-corrected chi connectivity index (χ2v) is 6.58. The molecule has 0 aromatic heterocycles. The number of methoxy groups -OCH3 is 1. The summed E-state index contributed by atoms with van der Waals surface area (Å²) in [4.78, 5) is 22.1. The number of hydrogen-bond donors (Lipinski definition) is 2. The molecule has 2 rings (SSSR count). The molecule has 0 heterocycles. The maximum absolute atomic E-state index is 12.0. The van der Waals surface area contributed by atoms with Crippen molar-refractivity contribution in [2.24, 2.45) is 5.14 Å². The third-order valence-electron chi connectivity index (χ3n) is 3.29. The molecule has 0 atom stereocenters. The fourth-order valence-corrected chi connectivity index (χ4v) is 2.84. The number of benzene rings is 2. The van der Waals surface area contributed by atoms with Gasteiger partial charge in [-0.25, -0.2) is 13.6 Å². The average molecular weight is 377 g/mol. The van der Waals surface area contributed by atoms with Crippen LogP contribution in [0.25, 0.3) is 6.08 Å². The number of nitrogens with two attached hydrogens (primary N) is 1. The van der Waals surface area contributed by atoms with Gasteiger partial charge in [-0.2, -0.15) is 0 Å². The second kappa shape index (κ2) is 7.76. The molecule has 0 fully saturated rings. The van der Waals surface area contributed by atoms with Gasteiger partial charge in [-0.3, -0.25) is 14.9 Å². The van der Waals surface area contributed by atoms with Crippen LogP contribution in [0.3, 0.4) is 0 Å². The van der Waals surface area contributed by atoms with Crippen molar-refractivity contribution in [2.75, 3.05) is 12.4 Å². The predicted molar refractivity (Wildman–Crippen MR) is 95.1 cm³/mol. The zero-order chi connectivity index (χ0) is 19.3. The summed E-state index contributed by atoms with van der Waals surface area (Å²) in [7, 11) is -2.75. The fraction of sp³-hybridized carbons (Fsp3) is 0.0625. The van der Waals surface area contributed by atoms with Crippen LogP contribution in [0, 0.1) is 10.1 Å². The summed E-state index contributed by atoms with van der Waals surface area (Å²) in [6.07, 6.45) is 2.39. The SMILES string of the molecule is COc1ccc(NC(=O)/C=C/c2ccccc2[N+](=O)[O-])cc1S(N)(=O)=O. The lowest BCUT2D eigenvalue weighted by atomic mass is 10.1. The summed E-state index contributed by atoms with van der Waals surface area (Å²) in [6.45, 7) is 0. The number of nitro benzene ring substituents is 1. The monoisotopic (exact) mass is 377 g/mol. The van der Waals surface area contributed by atoms with Crippen LogP contribution in [0.15, 0.2) is 53.4 Å². The summed E-state index contributed by atoms with van der Waals surface area (Å²) in [5.41, 5.74) is 0.289. The number of hydrogen-bond acceptors (Lipinski definition) is 6. The van der Waals surface area contributed by atoms with Gasteiger partial charge in [0.25, 0.3) is 5.69 Å². The molecule has 10 heteroatoms. The van der Waals surface area contributed by atoms with Gasteiger partial charge in [-0.15, -0.1) is 0 Å². The molecule has 0 saturated heterocycles. The Morgan fingerprint density at radius 2 is 1.96 bits per heavy atom. The van der Waals surface area contributed by atoms with Gasteiger partial charge >= 0.3 is 0 Å². The van der Waals surface area contributed by atoms with Crippen molar-refractivity contribution in [3.63, 3.8) is 0 Å². The summed E-state index contributed by atoms with van der Waals surface area (Å²) in [5.74, 6) is -0.561. The lowest BCUT2D eigenvalue weighted by Gasteiger charge is -2.09. The van der Waals surface area contributed by atoms with E-state index in [1.165, 1.54) is 43.5 Å². The number of amides is 1. The third kappa shape index (κ3) is 4.65. The number of sulfonamides is 1. The Bertz CT molecular complexity index is 985. The van der Waals surface area contributed by atoms with Gasteiger partial charge in [-0.1, -0.05) is 12.1 Å². The van der Waals surface area contributed by atoms with Gasteiger partial charge in [0.05, 0.1) is 17.6 Å². The van der Waals surface area contributed by atoms with Crippen molar-refractivity contribution >= 4 is 33.4 Å². The van der Waals surface area contributed by atoms with Crippen LogP contribution < -0.4 is 15.2 Å². The number of primary sulfonamides is 1. The number of nitro groups is 1. The Labute approximate surface area is 149 Å². The highest BCUT2D eigenvalue weighted by molar-refractivity contribution is 7.89. The fourth-order valence-electron chi connectivity index (χ4n) is 2.12. The van der Waals surface area contributed by atoms with Gasteiger partial charge in [0.2, 0.25) is 15.9 Å². The molecule has 0 aliphatic carbocycles. The van der Waals surface area contributed by atoms with Crippen LogP contribution >= 0.6 is 0 Å². The Morgan fingerprint density at radius 3 is 2.58 bits per heavy atom. The minimum Gasteiger partial charge on any atom is -0.495 e. The first-order valence-corrected chi connectivity index (χ1v) is 8.70. The molecular formula is C16H15N3O6S. The van der Waals surface area contributed by atoms with Gasteiger partial charge < -0.3 is 10.1 Å². The van der Waals surface area contributed by atoms with Crippen LogP contribution in [-0.4, -0.2) is 26.4 Å². The molecule has 2 aromatic rings. The van der Waals surface area contributed by atoms with E-state index in [0.29, 0.717) is 0 Å². The molecule has 2 aromatic carbocycles. The van der Waals surface area contributed by atoms with Crippen LogP contribution in [0.2, 0.25) is 0 Å². The molecule has 0 spiro atoms. The highest BCUT2D eigenvalue weighted by Gasteiger charge is 2.16. The number of carbonyl (C=O) groups is 1. The van der Waals surface area contributed by atoms with E-state index in [1.807, 2.05) is 0 Å². The molecule has 0 aliphatic heterocycles. The van der Waals surface area contributed by atoms with Gasteiger partial charge in [0, 0.05) is 17.8 Å². The molecular weight excluding hydrogens is 362 g/mol. The summed E-state index contributed by atoms with van der Waals surface area (Å²) < 4.78 is 28.1. The molecule has 9 nitrogen and oxygen atoms in total. The van der Waals surface area contributed by atoms with Crippen molar-refractivity contribution in [2.45, 2.75) is 4.90 Å². The molecule has 0 saturated carbocycles. The molecule has 1 amide bonds. The zero-order valence-electron chi connectivity index (χ0n) is 13.6. The Balaban J connectivity index is 2.22. The second-order valence-electron chi connectivity index (χ2n) is 5.05. The first-order chi connectivity index (χ1) is 12.2. The summed E-state index contributed by atoms with van der Waals surface area (Å²) >= 11 is 0. The zero-order valence-corrected chi connectivity index (χ0v) is 14.4. The summed E-state index contributed by atoms with van der Waals surface area (Å²) in [6, 6.07) is 9.87. The molecule has 0 bridgehead atoms. The largest absolute Gasteiger partial charge is 0.495 e. The van der Waals surface area contributed by atoms with E-state index in [0.717, 1.165) is 12.1 Å². The van der Waals surface area contributed by atoms with Crippen LogP contribution in [-0.2, 0) is 14.8 Å². The highest BCUT2D eigenvalue weighted by Crippen LogP contribution is 2.26. The van der Waals surface area contributed by atoms with E-state index in [2.05, 4.69) is 5.32 Å². The normalized spacial score (nSPS) is 11.3. The summed E-state index contributed by atoms with van der Waals surface area (Å²) in [5, 5.41) is 18.5. The van der Waals surface area contributed by atoms with Crippen molar-refractivity contribution in [1.82, 2.24) is 0 Å². The van der Waals surface area contributed by atoms with Crippen LogP contribution in [0.4, 0.5) is 11.4 Å². The highest BCUT2D eigenvalue weighted by atomic mass is 32.2. The number of carbonyl (C=O) groups excluding carboxylic acids is 1. The van der Waals surface area contributed by atoms with E-state index in [4.69, 9.17) is 9.88 Å². The third-order valence-corrected chi connectivity index (χ3v) is 4.22. The predicted octanol–water partition coefficient (Wildman–Crippen LogP) is 1.90. The van der Waals surface area contributed by atoms with E-state index in [9.17, 15) is 23.3 Å². The van der Waals surface area contributed by atoms with Gasteiger partial charge in [-0.05, 0) is 30.3 Å². The van der Waals surface area contributed by atoms with Crippen molar-refractivity contribution < 1.29 is 22.9 Å². The van der Waals surface area contributed by atoms with E-state index in [1.54, 1.807) is 6.07 Å². The van der Waals surface area contributed by atoms with Crippen LogP contribution in [0.1, 0.15) is 5.56 Å². The molecule has 136 valence electrons. The number of rotatable bonds is 6.